The molecular weight excluding hydrogens is 341 g/mol. The van der Waals surface area contributed by atoms with Crippen LogP contribution in [0.25, 0.3) is 0 Å². The van der Waals surface area contributed by atoms with E-state index in [1.165, 1.54) is 10.6 Å². The van der Waals surface area contributed by atoms with Crippen molar-refractivity contribution in [3.05, 3.63) is 60.7 Å². The van der Waals surface area contributed by atoms with Gasteiger partial charge in [0.25, 0.3) is 0 Å². The van der Waals surface area contributed by atoms with Gasteiger partial charge in [0.05, 0.1) is 6.61 Å². The topological polar surface area (TPSA) is 29.5 Å². The molecule has 0 saturated carbocycles. The van der Waals surface area contributed by atoms with Gasteiger partial charge < -0.3 is 9.64 Å². The first-order valence-corrected chi connectivity index (χ1v) is 11.1. The van der Waals surface area contributed by atoms with Crippen LogP contribution in [0.4, 0.5) is 4.79 Å². The highest BCUT2D eigenvalue weighted by Crippen LogP contribution is 2.38. The highest BCUT2D eigenvalue weighted by Gasteiger charge is 2.29. The van der Waals surface area contributed by atoms with Crippen molar-refractivity contribution in [2.75, 3.05) is 25.9 Å². The van der Waals surface area contributed by atoms with E-state index >= 15 is 0 Å². The quantitative estimate of drug-likeness (QED) is 0.535. The van der Waals surface area contributed by atoms with Gasteiger partial charge in [-0.2, -0.15) is 0 Å². The molecule has 3 rings (SSSR count). The largest absolute Gasteiger partial charge is 0.449 e. The molecule has 138 valence electrons. The molecule has 1 atom stereocenters. The third kappa shape index (κ3) is 5.08. The summed E-state index contributed by atoms with van der Waals surface area (Å²) in [6, 6.07) is 21.6. The number of hydrogen-bond acceptors (Lipinski definition) is 2. The SMILES string of the molecule is CCCCOC(=O)N1CCC(CP(c2ccccc2)c2ccccc2)C1. The molecule has 0 radical (unpaired) electrons. The van der Waals surface area contributed by atoms with Gasteiger partial charge in [-0.3, -0.25) is 0 Å². The third-order valence-electron chi connectivity index (χ3n) is 4.84. The number of amides is 1. The Morgan fingerprint density at radius 3 is 2.27 bits per heavy atom. The molecule has 1 fully saturated rings. The fourth-order valence-electron chi connectivity index (χ4n) is 3.38. The minimum Gasteiger partial charge on any atom is -0.449 e. The Kier molecular flexibility index (Phi) is 7.08. The lowest BCUT2D eigenvalue weighted by Gasteiger charge is -2.22. The first-order chi connectivity index (χ1) is 12.8. The van der Waals surface area contributed by atoms with Gasteiger partial charge >= 0.3 is 6.09 Å². The Morgan fingerprint density at radius 2 is 1.69 bits per heavy atom. The molecule has 26 heavy (non-hydrogen) atoms. The minimum atomic E-state index is -0.393. The Bertz CT molecular complexity index is 638. The Morgan fingerprint density at radius 1 is 1.08 bits per heavy atom. The van der Waals surface area contributed by atoms with Gasteiger partial charge in [0.15, 0.2) is 0 Å². The lowest BCUT2D eigenvalue weighted by molar-refractivity contribution is 0.108. The standard InChI is InChI=1S/C22H28NO2P/c1-2-3-16-25-22(24)23-15-14-19(17-23)18-26(20-10-6-4-7-11-20)21-12-8-5-9-13-21/h4-13,19H,2-3,14-18H2,1H3. The molecule has 0 bridgehead atoms. The summed E-state index contributed by atoms with van der Waals surface area (Å²) >= 11 is 0. The summed E-state index contributed by atoms with van der Waals surface area (Å²) in [6.07, 6.45) is 4.05. The maximum atomic E-state index is 12.2. The van der Waals surface area contributed by atoms with Crippen LogP contribution >= 0.6 is 7.92 Å². The lowest BCUT2D eigenvalue weighted by Crippen LogP contribution is -2.30. The second-order valence-electron chi connectivity index (χ2n) is 6.85. The molecule has 1 unspecified atom stereocenters. The average molecular weight is 369 g/mol. The van der Waals surface area contributed by atoms with Gasteiger partial charge in [-0.25, -0.2) is 4.79 Å². The number of carbonyl (C=O) groups is 1. The maximum absolute atomic E-state index is 12.2. The van der Waals surface area contributed by atoms with Crippen molar-refractivity contribution in [2.45, 2.75) is 26.2 Å². The summed E-state index contributed by atoms with van der Waals surface area (Å²) in [6.45, 7) is 4.29. The van der Waals surface area contributed by atoms with E-state index in [1.54, 1.807) is 0 Å². The highest BCUT2D eigenvalue weighted by molar-refractivity contribution is 7.73. The summed E-state index contributed by atoms with van der Waals surface area (Å²) in [5.74, 6) is 0.542. The first-order valence-electron chi connectivity index (χ1n) is 9.57. The van der Waals surface area contributed by atoms with Crippen molar-refractivity contribution >= 4 is 24.6 Å². The van der Waals surface area contributed by atoms with Crippen LogP contribution in [0.2, 0.25) is 0 Å². The molecule has 1 heterocycles. The summed E-state index contributed by atoms with van der Waals surface area (Å²) < 4.78 is 5.38. The van der Waals surface area contributed by atoms with Crippen LogP contribution in [0.5, 0.6) is 0 Å². The summed E-state index contributed by atoms with van der Waals surface area (Å²) in [5.41, 5.74) is 0. The number of hydrogen-bond donors (Lipinski definition) is 0. The average Bonchev–Trinajstić information content (AvgIpc) is 3.16. The second kappa shape index (κ2) is 9.73. The summed E-state index contributed by atoms with van der Waals surface area (Å²) in [7, 11) is -0.393. The molecule has 2 aromatic rings. The second-order valence-corrected chi connectivity index (χ2v) is 9.10. The highest BCUT2D eigenvalue weighted by atomic mass is 31.1. The van der Waals surface area contributed by atoms with Gasteiger partial charge in [0.2, 0.25) is 0 Å². The fraction of sp³-hybridized carbons (Fsp3) is 0.409. The number of nitrogens with zero attached hydrogens (tertiary/aromatic N) is 1. The predicted octanol–water partition coefficient (Wildman–Crippen LogP) is 4.38. The molecular formula is C22H28NO2P. The number of ether oxygens (including phenoxy) is 1. The third-order valence-corrected chi connectivity index (χ3v) is 7.57. The normalized spacial score (nSPS) is 16.8. The Hall–Kier alpha value is -1.86. The lowest BCUT2D eigenvalue weighted by atomic mass is 10.2. The van der Waals surface area contributed by atoms with E-state index in [1.807, 2.05) is 4.90 Å². The van der Waals surface area contributed by atoms with E-state index in [9.17, 15) is 4.79 Å². The van der Waals surface area contributed by atoms with E-state index in [4.69, 9.17) is 4.74 Å². The molecule has 1 amide bonds. The smallest absolute Gasteiger partial charge is 0.409 e. The van der Waals surface area contributed by atoms with E-state index in [0.29, 0.717) is 12.5 Å². The molecule has 0 aromatic heterocycles. The van der Waals surface area contributed by atoms with Crippen molar-refractivity contribution < 1.29 is 9.53 Å². The van der Waals surface area contributed by atoms with Gasteiger partial charge in [-0.05, 0) is 43.5 Å². The van der Waals surface area contributed by atoms with Crippen molar-refractivity contribution in [1.29, 1.82) is 0 Å². The van der Waals surface area contributed by atoms with E-state index in [-0.39, 0.29) is 6.09 Å². The van der Waals surface area contributed by atoms with Crippen LogP contribution in [-0.4, -0.2) is 36.9 Å². The summed E-state index contributed by atoms with van der Waals surface area (Å²) in [5, 5.41) is 2.83. The van der Waals surface area contributed by atoms with Gasteiger partial charge in [0, 0.05) is 13.1 Å². The van der Waals surface area contributed by atoms with Crippen LogP contribution in [-0.2, 0) is 4.74 Å². The first kappa shape index (κ1) is 18.9. The van der Waals surface area contributed by atoms with Crippen LogP contribution in [0, 0.1) is 5.92 Å². The van der Waals surface area contributed by atoms with Crippen LogP contribution < -0.4 is 10.6 Å². The van der Waals surface area contributed by atoms with Crippen LogP contribution in [0.15, 0.2) is 60.7 Å². The van der Waals surface area contributed by atoms with Gasteiger partial charge in [0.1, 0.15) is 0 Å². The van der Waals surface area contributed by atoms with E-state index < -0.39 is 7.92 Å². The van der Waals surface area contributed by atoms with Crippen molar-refractivity contribution in [3.8, 4) is 0 Å². The predicted molar refractivity (Wildman–Crippen MR) is 110 cm³/mol. The zero-order valence-electron chi connectivity index (χ0n) is 15.5. The Labute approximate surface area is 158 Å². The van der Waals surface area contributed by atoms with E-state index in [2.05, 4.69) is 67.6 Å². The molecule has 0 spiro atoms. The summed E-state index contributed by atoms with van der Waals surface area (Å²) in [4.78, 5) is 14.1. The molecule has 1 aliphatic heterocycles. The molecule has 0 N–H and O–H groups in total. The van der Waals surface area contributed by atoms with Crippen molar-refractivity contribution in [3.63, 3.8) is 0 Å². The monoisotopic (exact) mass is 369 g/mol. The van der Waals surface area contributed by atoms with Crippen molar-refractivity contribution in [1.82, 2.24) is 4.90 Å². The number of likely N-dealkylation sites (tertiary alicyclic amines) is 1. The van der Waals surface area contributed by atoms with Crippen LogP contribution in [0.3, 0.4) is 0 Å². The Balaban J connectivity index is 1.64. The fourth-order valence-corrected chi connectivity index (χ4v) is 5.97. The molecule has 4 heteroatoms. The number of benzene rings is 2. The molecule has 3 nitrogen and oxygen atoms in total. The molecule has 1 aliphatic rings. The zero-order valence-corrected chi connectivity index (χ0v) is 16.4. The van der Waals surface area contributed by atoms with Crippen molar-refractivity contribution in [2.24, 2.45) is 5.92 Å². The van der Waals surface area contributed by atoms with E-state index in [0.717, 1.165) is 38.5 Å². The zero-order chi connectivity index (χ0) is 18.2. The minimum absolute atomic E-state index is 0.135. The maximum Gasteiger partial charge on any atom is 0.409 e. The molecule has 0 aliphatic carbocycles. The molecule has 2 aromatic carbocycles. The molecule has 1 saturated heterocycles. The number of rotatable bonds is 7. The number of carbonyl (C=O) groups excluding carboxylic acids is 1. The van der Waals surface area contributed by atoms with Gasteiger partial charge in [-0.1, -0.05) is 74.0 Å². The number of unbranched alkanes of at least 4 members (excludes halogenated alkanes) is 1. The van der Waals surface area contributed by atoms with Crippen LogP contribution in [0.1, 0.15) is 26.2 Å². The van der Waals surface area contributed by atoms with Gasteiger partial charge in [-0.15, -0.1) is 0 Å².